The van der Waals surface area contributed by atoms with Gasteiger partial charge in [-0.25, -0.2) is 14.4 Å². The van der Waals surface area contributed by atoms with E-state index in [4.69, 9.17) is 0 Å². The van der Waals surface area contributed by atoms with Crippen LogP contribution in [-0.4, -0.2) is 32.0 Å². The third kappa shape index (κ3) is 3.37. The fourth-order valence-corrected chi connectivity index (χ4v) is 4.45. The van der Waals surface area contributed by atoms with Crippen molar-refractivity contribution in [2.45, 2.75) is 50.4 Å². The van der Waals surface area contributed by atoms with Crippen molar-refractivity contribution < 1.29 is 27.8 Å². The molecule has 1 aliphatic rings. The largest absolute Gasteiger partial charge is 0.508 e. The number of aromatic hydroxyl groups is 1. The number of aliphatic hydroxyl groups is 1. The molecule has 2 atom stereocenters. The number of phenolic OH excluding ortho intramolecular Hbond substituents is 1. The summed E-state index contributed by atoms with van der Waals surface area (Å²) in [6, 6.07) is 4.91. The summed E-state index contributed by atoms with van der Waals surface area (Å²) in [5.41, 5.74) is -3.39. The highest BCUT2D eigenvalue weighted by Gasteiger charge is 2.63. The number of aryl methyl sites for hydroxylation is 1. The van der Waals surface area contributed by atoms with Crippen molar-refractivity contribution in [2.24, 2.45) is 0 Å². The number of aromatic nitrogens is 2. The molecule has 1 aliphatic carbocycles. The molecule has 0 amide bonds. The van der Waals surface area contributed by atoms with E-state index >= 15 is 0 Å². The lowest BCUT2D eigenvalue weighted by atomic mass is 9.63. The molecule has 1 heterocycles. The van der Waals surface area contributed by atoms with Crippen LogP contribution in [0.2, 0.25) is 0 Å². The maximum atomic E-state index is 14.3. The minimum atomic E-state index is -4.98. The fraction of sp³-hybridized carbons (Fsp3) is 0.364. The van der Waals surface area contributed by atoms with Gasteiger partial charge in [0.1, 0.15) is 22.9 Å². The van der Waals surface area contributed by atoms with Gasteiger partial charge < -0.3 is 15.5 Å². The van der Waals surface area contributed by atoms with Crippen molar-refractivity contribution in [1.82, 2.24) is 9.97 Å². The maximum absolute atomic E-state index is 14.3. The molecule has 31 heavy (non-hydrogen) atoms. The molecule has 0 spiro atoms. The van der Waals surface area contributed by atoms with Crippen LogP contribution >= 0.6 is 0 Å². The summed E-state index contributed by atoms with van der Waals surface area (Å²) < 4.78 is 56.9. The van der Waals surface area contributed by atoms with Crippen molar-refractivity contribution in [3.05, 3.63) is 59.3 Å². The van der Waals surface area contributed by atoms with Gasteiger partial charge in [0.2, 0.25) is 0 Å². The van der Waals surface area contributed by atoms with Crippen molar-refractivity contribution in [3.8, 4) is 5.75 Å². The smallest absolute Gasteiger partial charge is 0.419 e. The predicted molar refractivity (Wildman–Crippen MR) is 107 cm³/mol. The Morgan fingerprint density at radius 2 is 1.87 bits per heavy atom. The number of nitrogens with zero attached hydrogens (tertiary/aromatic N) is 2. The van der Waals surface area contributed by atoms with E-state index in [1.165, 1.54) is 24.4 Å². The second kappa shape index (κ2) is 6.78. The van der Waals surface area contributed by atoms with Gasteiger partial charge in [0, 0.05) is 17.3 Å². The average molecular weight is 435 g/mol. The first-order chi connectivity index (χ1) is 14.3. The van der Waals surface area contributed by atoms with E-state index in [2.05, 4.69) is 15.3 Å². The molecule has 0 aliphatic heterocycles. The van der Waals surface area contributed by atoms with E-state index in [1.807, 2.05) is 0 Å². The molecular weight excluding hydrogens is 414 g/mol. The number of rotatable bonds is 2. The lowest BCUT2D eigenvalue weighted by molar-refractivity contribution is -0.275. The fourth-order valence-electron chi connectivity index (χ4n) is 4.45. The molecule has 3 aromatic rings. The van der Waals surface area contributed by atoms with Gasteiger partial charge in [-0.05, 0) is 54.2 Å². The molecule has 3 N–H and O–H groups in total. The molecular formula is C22H21F4N3O2. The number of hydrogen-bond donors (Lipinski definition) is 3. The molecule has 2 unspecified atom stereocenters. The van der Waals surface area contributed by atoms with Crippen molar-refractivity contribution in [2.75, 3.05) is 5.32 Å². The number of benzene rings is 2. The third-order valence-corrected chi connectivity index (χ3v) is 5.88. The van der Waals surface area contributed by atoms with Crippen LogP contribution in [0.4, 0.5) is 23.2 Å². The van der Waals surface area contributed by atoms with Crippen LogP contribution in [0.5, 0.6) is 5.75 Å². The van der Waals surface area contributed by atoms with E-state index < -0.39 is 35.5 Å². The Bertz CT molecular complexity index is 1180. The zero-order valence-electron chi connectivity index (χ0n) is 17.0. The topological polar surface area (TPSA) is 78.3 Å². The Kier molecular flexibility index (Phi) is 4.66. The summed E-state index contributed by atoms with van der Waals surface area (Å²) in [6.45, 7) is 4.79. The van der Waals surface area contributed by atoms with Crippen LogP contribution in [0.15, 0.2) is 36.5 Å². The molecule has 0 saturated heterocycles. The van der Waals surface area contributed by atoms with Crippen LogP contribution in [-0.2, 0) is 5.41 Å². The van der Waals surface area contributed by atoms with Gasteiger partial charge in [-0.15, -0.1) is 0 Å². The van der Waals surface area contributed by atoms with Gasteiger partial charge in [-0.3, -0.25) is 0 Å². The summed E-state index contributed by atoms with van der Waals surface area (Å²) >= 11 is 0. The standard InChI is InChI=1S/C22H21F4N3O2/c1-11-27-9-14-17(7-6-16(23)18(14)28-11)29-19-13-8-12(30)4-5-15(13)20(2,3)10-21(19,31)22(24,25)26/h4-9,19,29-31H,10H2,1-3H3. The lowest BCUT2D eigenvalue weighted by Gasteiger charge is -2.49. The number of phenols is 1. The molecule has 0 radical (unpaired) electrons. The Labute approximate surface area is 175 Å². The van der Waals surface area contributed by atoms with Crippen molar-refractivity contribution >= 4 is 16.6 Å². The quantitative estimate of drug-likeness (QED) is 0.499. The minimum Gasteiger partial charge on any atom is -0.508 e. The Hall–Kier alpha value is -2.94. The SMILES string of the molecule is Cc1ncc2c(NC3c4cc(O)ccc4C(C)(C)CC3(O)C(F)(F)F)ccc(F)c2n1. The highest BCUT2D eigenvalue weighted by atomic mass is 19.4. The van der Waals surface area contributed by atoms with Gasteiger partial charge in [-0.1, -0.05) is 19.9 Å². The van der Waals surface area contributed by atoms with E-state index in [9.17, 15) is 27.8 Å². The predicted octanol–water partition coefficient (Wildman–Crippen LogP) is 4.91. The number of halogens is 4. The van der Waals surface area contributed by atoms with E-state index in [0.29, 0.717) is 11.4 Å². The van der Waals surface area contributed by atoms with Crippen LogP contribution in [0.25, 0.3) is 10.9 Å². The zero-order valence-corrected chi connectivity index (χ0v) is 17.0. The third-order valence-electron chi connectivity index (χ3n) is 5.88. The first-order valence-electron chi connectivity index (χ1n) is 9.64. The van der Waals surface area contributed by atoms with E-state index in [-0.39, 0.29) is 27.9 Å². The minimum absolute atomic E-state index is 0.0414. The Balaban J connectivity index is 1.94. The molecule has 9 heteroatoms. The van der Waals surface area contributed by atoms with E-state index in [1.54, 1.807) is 26.8 Å². The normalized spacial score (nSPS) is 22.9. The first kappa shape index (κ1) is 21.3. The summed E-state index contributed by atoms with van der Waals surface area (Å²) in [6.07, 6.45) is -4.26. The maximum Gasteiger partial charge on any atom is 0.419 e. The zero-order chi connectivity index (χ0) is 22.8. The number of fused-ring (bicyclic) bond motifs is 2. The van der Waals surface area contributed by atoms with Crippen LogP contribution in [0, 0.1) is 12.7 Å². The molecule has 1 aromatic heterocycles. The number of nitrogens with one attached hydrogen (secondary N) is 1. The van der Waals surface area contributed by atoms with Gasteiger partial charge in [0.25, 0.3) is 0 Å². The van der Waals surface area contributed by atoms with Crippen LogP contribution in [0.3, 0.4) is 0 Å². The highest BCUT2D eigenvalue weighted by molar-refractivity contribution is 5.91. The summed E-state index contributed by atoms with van der Waals surface area (Å²) in [5.74, 6) is -0.555. The van der Waals surface area contributed by atoms with E-state index in [0.717, 1.165) is 6.07 Å². The molecule has 164 valence electrons. The van der Waals surface area contributed by atoms with Gasteiger partial charge in [-0.2, -0.15) is 13.2 Å². The molecule has 0 saturated carbocycles. The van der Waals surface area contributed by atoms with Crippen LogP contribution < -0.4 is 5.32 Å². The number of hydrogen-bond acceptors (Lipinski definition) is 5. The summed E-state index contributed by atoms with van der Waals surface area (Å²) in [4.78, 5) is 8.07. The molecule has 0 bridgehead atoms. The Morgan fingerprint density at radius 1 is 1.16 bits per heavy atom. The second-order valence-electron chi connectivity index (χ2n) is 8.61. The number of anilines is 1. The second-order valence-corrected chi connectivity index (χ2v) is 8.61. The van der Waals surface area contributed by atoms with Crippen LogP contribution in [0.1, 0.15) is 43.3 Å². The average Bonchev–Trinajstić information content (AvgIpc) is 2.65. The summed E-state index contributed by atoms with van der Waals surface area (Å²) in [5, 5.41) is 23.9. The first-order valence-corrected chi connectivity index (χ1v) is 9.64. The number of alkyl halides is 3. The van der Waals surface area contributed by atoms with Gasteiger partial charge in [0.15, 0.2) is 5.60 Å². The molecule has 5 nitrogen and oxygen atoms in total. The summed E-state index contributed by atoms with van der Waals surface area (Å²) in [7, 11) is 0. The Morgan fingerprint density at radius 3 is 2.55 bits per heavy atom. The van der Waals surface area contributed by atoms with Crippen molar-refractivity contribution in [3.63, 3.8) is 0 Å². The van der Waals surface area contributed by atoms with Gasteiger partial charge in [0.05, 0.1) is 6.04 Å². The van der Waals surface area contributed by atoms with Gasteiger partial charge >= 0.3 is 6.18 Å². The molecule has 4 rings (SSSR count). The van der Waals surface area contributed by atoms with Crippen molar-refractivity contribution in [1.29, 1.82) is 0 Å². The lowest BCUT2D eigenvalue weighted by Crippen LogP contribution is -2.58. The monoisotopic (exact) mass is 435 g/mol. The highest BCUT2D eigenvalue weighted by Crippen LogP contribution is 2.55. The molecule has 2 aromatic carbocycles. The molecule has 0 fully saturated rings.